The van der Waals surface area contributed by atoms with Crippen LogP contribution in [0.5, 0.6) is 0 Å². The average Bonchev–Trinajstić information content (AvgIpc) is 3.15. The van der Waals surface area contributed by atoms with Crippen LogP contribution >= 0.6 is 27.5 Å². The third-order valence-electron chi connectivity index (χ3n) is 4.27. The molecule has 0 aliphatic carbocycles. The highest BCUT2D eigenvalue weighted by Crippen LogP contribution is 2.32. The van der Waals surface area contributed by atoms with Crippen molar-refractivity contribution < 1.29 is 8.42 Å². The first-order valence-corrected chi connectivity index (χ1v) is 11.1. The predicted molar refractivity (Wildman–Crippen MR) is 116 cm³/mol. The largest absolute Gasteiger partial charge is 0.399 e. The molecule has 0 amide bonds. The van der Waals surface area contributed by atoms with Crippen molar-refractivity contribution in [2.45, 2.75) is 9.92 Å². The molecule has 0 radical (unpaired) electrons. The van der Waals surface area contributed by atoms with Crippen LogP contribution in [0.2, 0.25) is 5.02 Å². The molecule has 0 unspecified atom stereocenters. The molecule has 9 heteroatoms. The van der Waals surface area contributed by atoms with E-state index in [9.17, 15) is 8.42 Å². The van der Waals surface area contributed by atoms with Crippen molar-refractivity contribution in [3.63, 3.8) is 0 Å². The van der Waals surface area contributed by atoms with Crippen molar-refractivity contribution in [1.82, 2.24) is 15.0 Å². The molecule has 146 valence electrons. The fourth-order valence-corrected chi connectivity index (χ4v) is 4.54. The topological polar surface area (TPSA) is 90.9 Å². The Bertz CT molecular complexity index is 1270. The molecule has 0 atom stereocenters. The van der Waals surface area contributed by atoms with Gasteiger partial charge in [-0.25, -0.2) is 13.1 Å². The van der Waals surface area contributed by atoms with Gasteiger partial charge in [0.05, 0.1) is 10.6 Å². The summed E-state index contributed by atoms with van der Waals surface area (Å²) >= 11 is 9.33. The minimum Gasteiger partial charge on any atom is -0.399 e. The van der Waals surface area contributed by atoms with Gasteiger partial charge < -0.3 is 5.73 Å². The fourth-order valence-electron chi connectivity index (χ4n) is 2.82. The van der Waals surface area contributed by atoms with E-state index in [0.29, 0.717) is 27.7 Å². The van der Waals surface area contributed by atoms with Crippen LogP contribution in [0, 0.1) is 0 Å². The third kappa shape index (κ3) is 3.78. The molecule has 4 aromatic rings. The van der Waals surface area contributed by atoms with Crippen LogP contribution in [0.25, 0.3) is 16.9 Å². The molecule has 0 aliphatic heterocycles. The van der Waals surface area contributed by atoms with Gasteiger partial charge in [-0.05, 0) is 60.7 Å². The van der Waals surface area contributed by atoms with Gasteiger partial charge in [-0.2, -0.15) is 0 Å². The van der Waals surface area contributed by atoms with Gasteiger partial charge in [-0.15, -0.1) is 5.10 Å². The quantitative estimate of drug-likeness (QED) is 0.417. The van der Waals surface area contributed by atoms with Gasteiger partial charge in [0.2, 0.25) is 14.9 Å². The summed E-state index contributed by atoms with van der Waals surface area (Å²) in [5.74, 6) is 0. The van der Waals surface area contributed by atoms with Crippen molar-refractivity contribution >= 4 is 43.1 Å². The monoisotopic (exact) mass is 488 g/mol. The number of nitrogen functional groups attached to an aromatic ring is 1. The van der Waals surface area contributed by atoms with Crippen LogP contribution in [0.3, 0.4) is 0 Å². The minimum atomic E-state index is -3.91. The summed E-state index contributed by atoms with van der Waals surface area (Å²) in [6.07, 6.45) is 0. The zero-order valence-corrected chi connectivity index (χ0v) is 18.0. The molecular weight excluding hydrogens is 476 g/mol. The average molecular weight is 490 g/mol. The second-order valence-electron chi connectivity index (χ2n) is 6.21. The number of hydrogen-bond acceptors (Lipinski definition) is 5. The summed E-state index contributed by atoms with van der Waals surface area (Å²) in [4.78, 5) is 0.125. The Balaban J connectivity index is 1.96. The van der Waals surface area contributed by atoms with E-state index in [1.165, 1.54) is 16.8 Å². The second-order valence-corrected chi connectivity index (χ2v) is 9.43. The first-order chi connectivity index (χ1) is 13.9. The Hall–Kier alpha value is -2.68. The lowest BCUT2D eigenvalue weighted by molar-refractivity contribution is 0.592. The smallest absolute Gasteiger partial charge is 0.227 e. The zero-order chi connectivity index (χ0) is 20.6. The lowest BCUT2D eigenvalue weighted by atomic mass is 10.1. The summed E-state index contributed by atoms with van der Waals surface area (Å²) in [7, 11) is -3.91. The van der Waals surface area contributed by atoms with Crippen molar-refractivity contribution in [1.29, 1.82) is 0 Å². The number of nitrogens with zero attached hydrogens (tertiary/aromatic N) is 3. The molecule has 0 aliphatic rings. The van der Waals surface area contributed by atoms with Crippen molar-refractivity contribution in [3.8, 4) is 16.9 Å². The summed E-state index contributed by atoms with van der Waals surface area (Å²) in [6, 6.07) is 20.1. The first-order valence-electron chi connectivity index (χ1n) is 8.44. The maximum atomic E-state index is 13.3. The molecule has 2 N–H and O–H groups in total. The highest BCUT2D eigenvalue weighted by Gasteiger charge is 2.29. The molecule has 3 aromatic carbocycles. The van der Waals surface area contributed by atoms with Gasteiger partial charge in [-0.3, -0.25) is 0 Å². The van der Waals surface area contributed by atoms with E-state index in [1.807, 2.05) is 0 Å². The lowest BCUT2D eigenvalue weighted by Gasteiger charge is -2.10. The normalized spacial score (nSPS) is 11.5. The molecule has 0 bridgehead atoms. The number of halogens is 2. The molecule has 0 fully saturated rings. The van der Waals surface area contributed by atoms with Gasteiger partial charge in [0, 0.05) is 20.7 Å². The standard InChI is InChI=1S/C20H14BrClN4O2S/c21-14-3-11-18(12-4-14)29(27,28)20-19(13-1-5-15(22)6-2-13)26(25-24-20)17-9-7-16(23)8-10-17/h1-12H,23H2. The van der Waals surface area contributed by atoms with Crippen LogP contribution in [-0.4, -0.2) is 23.4 Å². The molecular formula is C20H14BrClN4O2S. The Morgan fingerprint density at radius 1 is 0.897 bits per heavy atom. The predicted octanol–water partition coefficient (Wildman–Crippen LogP) is 4.77. The molecule has 6 nitrogen and oxygen atoms in total. The maximum absolute atomic E-state index is 13.3. The highest BCUT2D eigenvalue weighted by molar-refractivity contribution is 9.10. The van der Waals surface area contributed by atoms with E-state index in [-0.39, 0.29) is 9.92 Å². The summed E-state index contributed by atoms with van der Waals surface area (Å²) in [5, 5.41) is 8.56. The second kappa shape index (κ2) is 7.62. The minimum absolute atomic E-state index is 0.125. The molecule has 29 heavy (non-hydrogen) atoms. The Morgan fingerprint density at radius 2 is 1.52 bits per heavy atom. The Kier molecular flexibility index (Phi) is 5.16. The number of anilines is 1. The van der Waals surface area contributed by atoms with E-state index in [0.717, 1.165) is 4.47 Å². The van der Waals surface area contributed by atoms with Gasteiger partial charge >= 0.3 is 0 Å². The van der Waals surface area contributed by atoms with E-state index in [4.69, 9.17) is 17.3 Å². The first kappa shape index (κ1) is 19.6. The number of benzene rings is 3. The summed E-state index contributed by atoms with van der Waals surface area (Å²) in [6.45, 7) is 0. The number of sulfone groups is 1. The number of hydrogen-bond donors (Lipinski definition) is 1. The molecule has 4 rings (SSSR count). The maximum Gasteiger partial charge on any atom is 0.227 e. The van der Waals surface area contributed by atoms with Gasteiger partial charge in [-0.1, -0.05) is 44.9 Å². The van der Waals surface area contributed by atoms with Crippen molar-refractivity contribution in [2.75, 3.05) is 5.73 Å². The summed E-state index contributed by atoms with van der Waals surface area (Å²) in [5.41, 5.74) is 7.95. The number of rotatable bonds is 4. The summed E-state index contributed by atoms with van der Waals surface area (Å²) < 4.78 is 28.9. The van der Waals surface area contributed by atoms with Crippen molar-refractivity contribution in [2.24, 2.45) is 0 Å². The Labute approximate surface area is 181 Å². The lowest BCUT2D eigenvalue weighted by Crippen LogP contribution is -2.06. The molecule has 0 saturated heterocycles. The van der Waals surface area contributed by atoms with E-state index < -0.39 is 9.84 Å². The van der Waals surface area contributed by atoms with Crippen LogP contribution in [0.1, 0.15) is 0 Å². The number of nitrogens with two attached hydrogens (primary N) is 1. The van der Waals surface area contributed by atoms with Gasteiger partial charge in [0.1, 0.15) is 5.69 Å². The SMILES string of the molecule is Nc1ccc(-n2nnc(S(=O)(=O)c3ccc(Br)cc3)c2-c2ccc(Cl)cc2)cc1. The Morgan fingerprint density at radius 3 is 2.14 bits per heavy atom. The van der Waals surface area contributed by atoms with E-state index >= 15 is 0 Å². The third-order valence-corrected chi connectivity index (χ3v) is 6.73. The van der Waals surface area contributed by atoms with Gasteiger partial charge in [0.15, 0.2) is 0 Å². The molecule has 1 heterocycles. The van der Waals surface area contributed by atoms with Gasteiger partial charge in [0.25, 0.3) is 0 Å². The van der Waals surface area contributed by atoms with Crippen LogP contribution < -0.4 is 5.73 Å². The van der Waals surface area contributed by atoms with Crippen LogP contribution in [0.4, 0.5) is 5.69 Å². The molecule has 1 aromatic heterocycles. The fraction of sp³-hybridized carbons (Fsp3) is 0. The number of aromatic nitrogens is 3. The van der Waals surface area contributed by atoms with Crippen LogP contribution in [-0.2, 0) is 9.84 Å². The molecule has 0 saturated carbocycles. The van der Waals surface area contributed by atoms with Crippen LogP contribution in [0.15, 0.2) is 87.2 Å². The van der Waals surface area contributed by atoms with Crippen molar-refractivity contribution in [3.05, 3.63) is 82.3 Å². The zero-order valence-electron chi connectivity index (χ0n) is 14.8. The van der Waals surface area contributed by atoms with E-state index in [2.05, 4.69) is 26.2 Å². The molecule has 0 spiro atoms. The van der Waals surface area contributed by atoms with E-state index in [1.54, 1.807) is 60.7 Å². The highest BCUT2D eigenvalue weighted by atomic mass is 79.9.